The van der Waals surface area contributed by atoms with Gasteiger partial charge in [0.15, 0.2) is 0 Å². The molecule has 0 radical (unpaired) electrons. The lowest BCUT2D eigenvalue weighted by Gasteiger charge is -2.18. The Morgan fingerprint density at radius 3 is 1.90 bits per heavy atom. The first-order valence-electron chi connectivity index (χ1n) is 8.18. The third-order valence-corrected chi connectivity index (χ3v) is 4.12. The summed E-state index contributed by atoms with van der Waals surface area (Å²) in [6, 6.07) is 17.6. The number of nitrogen functional groups attached to an aromatic ring is 1. The third kappa shape index (κ3) is 4.35. The van der Waals surface area contributed by atoms with Crippen LogP contribution < -0.4 is 5.73 Å². The molecule has 0 saturated heterocycles. The minimum Gasteiger partial charge on any atom is -0.399 e. The lowest BCUT2D eigenvalue weighted by atomic mass is 9.87. The van der Waals surface area contributed by atoms with Gasteiger partial charge in [-0.2, -0.15) is 0 Å². The second-order valence-electron chi connectivity index (χ2n) is 5.85. The highest BCUT2D eigenvalue weighted by Crippen LogP contribution is 2.30. The molecule has 0 aliphatic carbocycles. The average Bonchev–Trinajstić information content (AvgIpc) is 2.52. The zero-order valence-corrected chi connectivity index (χ0v) is 13.3. The summed E-state index contributed by atoms with van der Waals surface area (Å²) >= 11 is 0. The van der Waals surface area contributed by atoms with Crippen molar-refractivity contribution in [1.29, 1.82) is 0 Å². The van der Waals surface area contributed by atoms with Crippen molar-refractivity contribution in [3.05, 3.63) is 65.2 Å². The maximum atomic E-state index is 5.81. The molecule has 2 aromatic rings. The summed E-state index contributed by atoms with van der Waals surface area (Å²) in [6.45, 7) is 4.49. The molecule has 0 bridgehead atoms. The molecule has 0 spiro atoms. The van der Waals surface area contributed by atoms with Gasteiger partial charge in [0.25, 0.3) is 0 Å². The largest absolute Gasteiger partial charge is 0.399 e. The van der Waals surface area contributed by atoms with E-state index in [-0.39, 0.29) is 0 Å². The molecular formula is C20H27N. The molecule has 1 atom stereocenters. The van der Waals surface area contributed by atoms with E-state index in [1.165, 1.54) is 48.8 Å². The fourth-order valence-corrected chi connectivity index (χ4v) is 2.84. The zero-order chi connectivity index (χ0) is 15.1. The van der Waals surface area contributed by atoms with Gasteiger partial charge in [0, 0.05) is 11.6 Å². The van der Waals surface area contributed by atoms with Crippen molar-refractivity contribution in [2.45, 2.75) is 51.9 Å². The van der Waals surface area contributed by atoms with Gasteiger partial charge in [-0.1, -0.05) is 63.1 Å². The number of benzene rings is 2. The van der Waals surface area contributed by atoms with E-state index in [1.54, 1.807) is 0 Å². The predicted molar refractivity (Wildman–Crippen MR) is 92.7 cm³/mol. The summed E-state index contributed by atoms with van der Waals surface area (Å²) in [5.41, 5.74) is 10.9. The number of nitrogens with two attached hydrogens (primary N) is 1. The first kappa shape index (κ1) is 15.6. The van der Waals surface area contributed by atoms with Crippen molar-refractivity contribution in [2.75, 3.05) is 5.73 Å². The molecule has 0 aliphatic rings. The van der Waals surface area contributed by atoms with Crippen LogP contribution in [-0.4, -0.2) is 0 Å². The van der Waals surface area contributed by atoms with Crippen LogP contribution in [0.4, 0.5) is 5.69 Å². The van der Waals surface area contributed by atoms with Crippen molar-refractivity contribution in [1.82, 2.24) is 0 Å². The molecule has 1 unspecified atom stereocenters. The minimum atomic E-state index is 0.482. The Hall–Kier alpha value is -1.76. The van der Waals surface area contributed by atoms with Gasteiger partial charge in [0.05, 0.1) is 0 Å². The Balaban J connectivity index is 2.19. The quantitative estimate of drug-likeness (QED) is 0.662. The molecule has 1 heteroatoms. The van der Waals surface area contributed by atoms with Crippen LogP contribution in [0.3, 0.4) is 0 Å². The Morgan fingerprint density at radius 1 is 0.810 bits per heavy atom. The van der Waals surface area contributed by atoms with E-state index in [2.05, 4.69) is 50.2 Å². The van der Waals surface area contributed by atoms with Gasteiger partial charge in [0.1, 0.15) is 0 Å². The van der Waals surface area contributed by atoms with Gasteiger partial charge in [-0.15, -0.1) is 0 Å². The lowest BCUT2D eigenvalue weighted by molar-refractivity contribution is 0.697. The van der Waals surface area contributed by atoms with Crippen LogP contribution in [0.15, 0.2) is 48.5 Å². The summed E-state index contributed by atoms with van der Waals surface area (Å²) < 4.78 is 0. The second kappa shape index (κ2) is 7.87. The van der Waals surface area contributed by atoms with Crippen molar-refractivity contribution in [2.24, 2.45) is 0 Å². The van der Waals surface area contributed by atoms with E-state index in [4.69, 9.17) is 5.73 Å². The van der Waals surface area contributed by atoms with E-state index < -0.39 is 0 Å². The fraction of sp³-hybridized carbons (Fsp3) is 0.400. The minimum absolute atomic E-state index is 0.482. The molecule has 2 N–H and O–H groups in total. The molecule has 21 heavy (non-hydrogen) atoms. The Bertz CT molecular complexity index is 525. The monoisotopic (exact) mass is 281 g/mol. The van der Waals surface area contributed by atoms with Gasteiger partial charge < -0.3 is 5.73 Å². The van der Waals surface area contributed by atoms with Crippen LogP contribution in [0, 0.1) is 0 Å². The first-order valence-corrected chi connectivity index (χ1v) is 8.18. The smallest absolute Gasteiger partial charge is 0.0314 e. The molecule has 0 saturated carbocycles. The summed E-state index contributed by atoms with van der Waals surface area (Å²) in [5.74, 6) is 0.482. The summed E-state index contributed by atoms with van der Waals surface area (Å²) in [5, 5.41) is 0. The Morgan fingerprint density at radius 2 is 1.38 bits per heavy atom. The number of anilines is 1. The number of hydrogen-bond acceptors (Lipinski definition) is 1. The Kier molecular flexibility index (Phi) is 5.86. The van der Waals surface area contributed by atoms with Crippen LogP contribution in [0.25, 0.3) is 0 Å². The van der Waals surface area contributed by atoms with E-state index in [0.717, 1.165) is 5.69 Å². The number of aryl methyl sites for hydroxylation is 1. The molecule has 0 heterocycles. The van der Waals surface area contributed by atoms with E-state index in [1.807, 2.05) is 12.1 Å². The second-order valence-corrected chi connectivity index (χ2v) is 5.85. The molecule has 0 fully saturated rings. The number of rotatable bonds is 7. The van der Waals surface area contributed by atoms with Crippen molar-refractivity contribution in [3.8, 4) is 0 Å². The van der Waals surface area contributed by atoms with E-state index in [9.17, 15) is 0 Å². The maximum absolute atomic E-state index is 5.81. The molecule has 0 aliphatic heterocycles. The topological polar surface area (TPSA) is 26.0 Å². The van der Waals surface area contributed by atoms with Crippen molar-refractivity contribution < 1.29 is 0 Å². The van der Waals surface area contributed by atoms with Crippen LogP contribution in [-0.2, 0) is 6.42 Å². The highest BCUT2D eigenvalue weighted by atomic mass is 14.5. The van der Waals surface area contributed by atoms with Crippen molar-refractivity contribution in [3.63, 3.8) is 0 Å². The van der Waals surface area contributed by atoms with Gasteiger partial charge >= 0.3 is 0 Å². The van der Waals surface area contributed by atoms with Crippen molar-refractivity contribution >= 4 is 5.69 Å². The molecule has 0 amide bonds. The average molecular weight is 281 g/mol. The SMILES string of the molecule is CCCCc1ccc(C(CCC)c2ccc(N)cc2)cc1. The van der Waals surface area contributed by atoms with E-state index in [0.29, 0.717) is 5.92 Å². The molecule has 2 aromatic carbocycles. The van der Waals surface area contributed by atoms with Gasteiger partial charge in [-0.05, 0) is 48.1 Å². The first-order chi connectivity index (χ1) is 10.2. The summed E-state index contributed by atoms with van der Waals surface area (Å²) in [6.07, 6.45) is 6.09. The number of hydrogen-bond donors (Lipinski definition) is 1. The van der Waals surface area contributed by atoms with Gasteiger partial charge in [0.2, 0.25) is 0 Å². The van der Waals surface area contributed by atoms with Crippen LogP contribution in [0.1, 0.15) is 62.1 Å². The van der Waals surface area contributed by atoms with Crippen LogP contribution in [0.5, 0.6) is 0 Å². The normalized spacial score (nSPS) is 12.3. The van der Waals surface area contributed by atoms with E-state index >= 15 is 0 Å². The van der Waals surface area contributed by atoms with Gasteiger partial charge in [-0.3, -0.25) is 0 Å². The molecule has 2 rings (SSSR count). The zero-order valence-electron chi connectivity index (χ0n) is 13.3. The fourth-order valence-electron chi connectivity index (χ4n) is 2.84. The Labute approximate surface area is 129 Å². The molecule has 112 valence electrons. The standard InChI is InChI=1S/C20H27N/c1-3-5-7-16-8-10-17(11-9-16)20(6-4-2)18-12-14-19(21)15-13-18/h8-15,20H,3-7,21H2,1-2H3. The van der Waals surface area contributed by atoms with Crippen LogP contribution >= 0.6 is 0 Å². The molecule has 0 aromatic heterocycles. The highest BCUT2D eigenvalue weighted by molar-refractivity contribution is 5.43. The summed E-state index contributed by atoms with van der Waals surface area (Å²) in [7, 11) is 0. The van der Waals surface area contributed by atoms with Gasteiger partial charge in [-0.25, -0.2) is 0 Å². The summed E-state index contributed by atoms with van der Waals surface area (Å²) in [4.78, 5) is 0. The lowest BCUT2D eigenvalue weighted by Crippen LogP contribution is -2.01. The number of unbranched alkanes of at least 4 members (excludes halogenated alkanes) is 1. The third-order valence-electron chi connectivity index (χ3n) is 4.12. The maximum Gasteiger partial charge on any atom is 0.0314 e. The molecular weight excluding hydrogens is 254 g/mol. The molecule has 1 nitrogen and oxygen atoms in total. The highest BCUT2D eigenvalue weighted by Gasteiger charge is 2.13. The van der Waals surface area contributed by atoms with Crippen LogP contribution in [0.2, 0.25) is 0 Å². The predicted octanol–water partition coefficient (Wildman–Crippen LogP) is 5.54.